The zero-order valence-corrected chi connectivity index (χ0v) is 15.5. The summed E-state index contributed by atoms with van der Waals surface area (Å²) in [5, 5.41) is 3.30. The average molecular weight is 387 g/mol. The highest BCUT2D eigenvalue weighted by molar-refractivity contribution is 7.90. The molecule has 1 amide bonds. The second-order valence-electron chi connectivity index (χ2n) is 6.01. The molecule has 3 aromatic rings. The zero-order valence-electron chi connectivity index (χ0n) is 14.7. The van der Waals surface area contributed by atoms with E-state index in [1.54, 1.807) is 31.2 Å². The lowest BCUT2D eigenvalue weighted by Crippen LogP contribution is -2.21. The first-order chi connectivity index (χ1) is 12.7. The summed E-state index contributed by atoms with van der Waals surface area (Å²) in [6.07, 6.45) is 1.07. The molecule has 0 saturated heterocycles. The maximum Gasteiger partial charge on any atom is 0.336 e. The van der Waals surface area contributed by atoms with Crippen LogP contribution in [-0.4, -0.2) is 27.2 Å². The summed E-state index contributed by atoms with van der Waals surface area (Å²) >= 11 is 0. The Morgan fingerprint density at radius 1 is 1.15 bits per heavy atom. The molecule has 7 nitrogen and oxygen atoms in total. The van der Waals surface area contributed by atoms with Gasteiger partial charge in [-0.05, 0) is 36.8 Å². The summed E-state index contributed by atoms with van der Waals surface area (Å²) in [5.74, 6) is -0.167. The first-order valence-corrected chi connectivity index (χ1v) is 9.89. The van der Waals surface area contributed by atoms with E-state index in [-0.39, 0.29) is 17.2 Å². The van der Waals surface area contributed by atoms with E-state index in [4.69, 9.17) is 9.15 Å². The van der Waals surface area contributed by atoms with Crippen molar-refractivity contribution >= 4 is 32.4 Å². The molecule has 0 fully saturated rings. The van der Waals surface area contributed by atoms with E-state index in [2.05, 4.69) is 5.32 Å². The largest absolute Gasteiger partial charge is 0.484 e. The van der Waals surface area contributed by atoms with Gasteiger partial charge in [-0.3, -0.25) is 4.79 Å². The number of ether oxygens (including phenoxy) is 1. The van der Waals surface area contributed by atoms with Gasteiger partial charge in [0.05, 0.1) is 10.6 Å². The summed E-state index contributed by atoms with van der Waals surface area (Å²) in [5.41, 5.74) is 0.865. The predicted molar refractivity (Wildman–Crippen MR) is 101 cm³/mol. The number of para-hydroxylation sites is 1. The highest BCUT2D eigenvalue weighted by Crippen LogP contribution is 2.23. The van der Waals surface area contributed by atoms with Crippen molar-refractivity contribution in [3.05, 3.63) is 64.5 Å². The van der Waals surface area contributed by atoms with Crippen molar-refractivity contribution in [3.8, 4) is 5.75 Å². The number of carbonyl (C=O) groups excluding carboxylic acids is 1. The van der Waals surface area contributed by atoms with Crippen LogP contribution in [0.4, 0.5) is 5.69 Å². The number of fused-ring (bicyclic) bond motifs is 1. The third-order valence-corrected chi connectivity index (χ3v) is 5.01. The van der Waals surface area contributed by atoms with E-state index in [0.717, 1.165) is 17.2 Å². The number of nitrogens with one attached hydrogen (secondary N) is 1. The van der Waals surface area contributed by atoms with Crippen LogP contribution in [0.5, 0.6) is 5.75 Å². The van der Waals surface area contributed by atoms with Gasteiger partial charge in [0.1, 0.15) is 11.3 Å². The summed E-state index contributed by atoms with van der Waals surface area (Å²) in [7, 11) is -3.48. The fraction of sp³-hybridized carbons (Fsp3) is 0.158. The molecule has 0 saturated carbocycles. The minimum atomic E-state index is -3.48. The fourth-order valence-electron chi connectivity index (χ4n) is 2.62. The molecule has 0 aliphatic carbocycles. The quantitative estimate of drug-likeness (QED) is 0.675. The molecule has 27 heavy (non-hydrogen) atoms. The van der Waals surface area contributed by atoms with Gasteiger partial charge in [0.2, 0.25) is 0 Å². The molecular formula is C19H17NO6S. The van der Waals surface area contributed by atoms with Crippen molar-refractivity contribution < 1.29 is 22.4 Å². The molecule has 0 aliphatic heterocycles. The topological polar surface area (TPSA) is 103 Å². The van der Waals surface area contributed by atoms with Gasteiger partial charge in [-0.1, -0.05) is 12.1 Å². The summed E-state index contributed by atoms with van der Waals surface area (Å²) < 4.78 is 34.1. The molecular weight excluding hydrogens is 370 g/mol. The number of carbonyl (C=O) groups is 1. The van der Waals surface area contributed by atoms with E-state index in [1.165, 1.54) is 24.3 Å². The van der Waals surface area contributed by atoms with Gasteiger partial charge < -0.3 is 14.5 Å². The molecule has 0 aliphatic rings. The van der Waals surface area contributed by atoms with Crippen LogP contribution < -0.4 is 15.7 Å². The number of aryl methyl sites for hydroxylation is 1. The van der Waals surface area contributed by atoms with E-state index < -0.39 is 21.4 Å². The Hall–Kier alpha value is -3.13. The van der Waals surface area contributed by atoms with Gasteiger partial charge in [0.15, 0.2) is 16.4 Å². The number of sulfone groups is 1. The van der Waals surface area contributed by atoms with Crippen LogP contribution in [0.1, 0.15) is 5.56 Å². The van der Waals surface area contributed by atoms with Crippen LogP contribution in [-0.2, 0) is 14.6 Å². The molecule has 8 heteroatoms. The van der Waals surface area contributed by atoms with Crippen molar-refractivity contribution in [2.24, 2.45) is 0 Å². The van der Waals surface area contributed by atoms with Gasteiger partial charge in [0, 0.05) is 23.8 Å². The number of hydrogen-bond acceptors (Lipinski definition) is 6. The summed E-state index contributed by atoms with van der Waals surface area (Å²) in [6, 6.07) is 12.4. The highest BCUT2D eigenvalue weighted by atomic mass is 32.2. The Morgan fingerprint density at radius 2 is 1.89 bits per heavy atom. The minimum Gasteiger partial charge on any atom is -0.484 e. The first kappa shape index (κ1) is 18.7. The van der Waals surface area contributed by atoms with Gasteiger partial charge in [-0.15, -0.1) is 0 Å². The van der Waals surface area contributed by atoms with Crippen molar-refractivity contribution in [2.75, 3.05) is 18.2 Å². The monoisotopic (exact) mass is 387 g/mol. The second kappa shape index (κ2) is 7.24. The van der Waals surface area contributed by atoms with Crippen LogP contribution in [0.2, 0.25) is 0 Å². The molecule has 1 aromatic heterocycles. The first-order valence-electron chi connectivity index (χ1n) is 8.00. The van der Waals surface area contributed by atoms with E-state index >= 15 is 0 Å². The summed E-state index contributed by atoms with van der Waals surface area (Å²) in [6.45, 7) is 1.46. The van der Waals surface area contributed by atoms with Gasteiger partial charge >= 0.3 is 5.63 Å². The van der Waals surface area contributed by atoms with Crippen LogP contribution in [0.15, 0.2) is 62.6 Å². The average Bonchev–Trinajstić information content (AvgIpc) is 2.59. The lowest BCUT2D eigenvalue weighted by atomic mass is 10.1. The Kier molecular flexibility index (Phi) is 5.00. The fourth-order valence-corrected chi connectivity index (χ4v) is 3.47. The van der Waals surface area contributed by atoms with E-state index in [9.17, 15) is 18.0 Å². The van der Waals surface area contributed by atoms with Gasteiger partial charge in [-0.2, -0.15) is 0 Å². The number of hydrogen-bond donors (Lipinski definition) is 1. The molecule has 1 heterocycles. The zero-order chi connectivity index (χ0) is 19.6. The number of rotatable bonds is 5. The third-order valence-electron chi connectivity index (χ3n) is 3.85. The highest BCUT2D eigenvalue weighted by Gasteiger charge is 2.15. The van der Waals surface area contributed by atoms with Gasteiger partial charge in [-0.25, -0.2) is 13.2 Å². The van der Waals surface area contributed by atoms with E-state index in [1.807, 2.05) is 0 Å². The molecule has 1 N–H and O–H groups in total. The van der Waals surface area contributed by atoms with Crippen LogP contribution in [0, 0.1) is 6.92 Å². The standard InChI is InChI=1S/C19H17NO6S/c1-12-9-19(22)26-16-10-13(7-8-14(12)16)25-11-18(21)20-15-5-3-4-6-17(15)27(2,23)24/h3-10H,11H2,1-2H3,(H,20,21). The van der Waals surface area contributed by atoms with E-state index in [0.29, 0.717) is 11.3 Å². The molecule has 0 spiro atoms. The Labute approximate surface area is 155 Å². The Morgan fingerprint density at radius 3 is 2.63 bits per heavy atom. The Bertz CT molecular complexity index is 1180. The molecule has 0 radical (unpaired) electrons. The molecule has 0 bridgehead atoms. The van der Waals surface area contributed by atoms with Crippen molar-refractivity contribution in [1.82, 2.24) is 0 Å². The maximum atomic E-state index is 12.1. The predicted octanol–water partition coefficient (Wildman–Crippen LogP) is 2.52. The van der Waals surface area contributed by atoms with Crippen molar-refractivity contribution in [2.45, 2.75) is 11.8 Å². The third kappa shape index (κ3) is 4.35. The maximum absolute atomic E-state index is 12.1. The SMILES string of the molecule is Cc1cc(=O)oc2cc(OCC(=O)Nc3ccccc3S(C)(=O)=O)ccc12. The smallest absolute Gasteiger partial charge is 0.336 e. The summed E-state index contributed by atoms with van der Waals surface area (Å²) in [4.78, 5) is 23.6. The second-order valence-corrected chi connectivity index (χ2v) is 8.00. The van der Waals surface area contributed by atoms with Crippen LogP contribution in [0.25, 0.3) is 11.0 Å². The molecule has 2 aromatic carbocycles. The van der Waals surface area contributed by atoms with Crippen molar-refractivity contribution in [3.63, 3.8) is 0 Å². The van der Waals surface area contributed by atoms with Gasteiger partial charge in [0.25, 0.3) is 5.91 Å². The van der Waals surface area contributed by atoms with Crippen LogP contribution in [0.3, 0.4) is 0 Å². The number of amides is 1. The lowest BCUT2D eigenvalue weighted by molar-refractivity contribution is -0.118. The lowest BCUT2D eigenvalue weighted by Gasteiger charge is -2.11. The minimum absolute atomic E-state index is 0.0290. The number of benzene rings is 2. The van der Waals surface area contributed by atoms with Crippen LogP contribution >= 0.6 is 0 Å². The normalized spacial score (nSPS) is 11.3. The van der Waals surface area contributed by atoms with Crippen molar-refractivity contribution in [1.29, 1.82) is 0 Å². The Balaban J connectivity index is 1.73. The molecule has 140 valence electrons. The molecule has 3 rings (SSSR count). The number of anilines is 1. The molecule has 0 atom stereocenters. The molecule has 0 unspecified atom stereocenters.